The van der Waals surface area contributed by atoms with Crippen LogP contribution in [0.25, 0.3) is 28.2 Å². The van der Waals surface area contributed by atoms with Gasteiger partial charge in [-0.25, -0.2) is 9.37 Å². The second kappa shape index (κ2) is 11.3. The Kier molecular flexibility index (Phi) is 7.39. The summed E-state index contributed by atoms with van der Waals surface area (Å²) in [6.07, 6.45) is 10.3. The minimum absolute atomic E-state index is 0.126. The van der Waals surface area contributed by atoms with E-state index in [4.69, 9.17) is 15.2 Å². The number of hydrogen-bond acceptors (Lipinski definition) is 9. The number of halogens is 2. The minimum atomic E-state index is -1.12. The number of aromatic nitrogens is 7. The average Bonchev–Trinajstić information content (AvgIpc) is 3.68. The number of rotatable bonds is 7. The van der Waals surface area contributed by atoms with Gasteiger partial charge in [0, 0.05) is 42.8 Å². The summed E-state index contributed by atoms with van der Waals surface area (Å²) in [6, 6.07) is 5.27. The Labute approximate surface area is 229 Å². The molecule has 11 nitrogen and oxygen atoms in total. The van der Waals surface area contributed by atoms with Gasteiger partial charge in [-0.05, 0) is 74.2 Å². The van der Waals surface area contributed by atoms with E-state index in [1.54, 1.807) is 18.5 Å². The molecule has 1 saturated carbocycles. The number of nitrogens with two attached hydrogens (primary N) is 1. The van der Waals surface area contributed by atoms with Crippen LogP contribution in [-0.2, 0) is 4.74 Å². The number of nitrogens with one attached hydrogen (secondary N) is 1. The lowest BCUT2D eigenvalue weighted by molar-refractivity contribution is 0.0662. The first kappa shape index (κ1) is 26.3. The van der Waals surface area contributed by atoms with Gasteiger partial charge >= 0.3 is 0 Å². The molecule has 1 aliphatic carbocycles. The van der Waals surface area contributed by atoms with E-state index < -0.39 is 11.6 Å². The normalized spacial score (nSPS) is 20.1. The third kappa shape index (κ3) is 5.13. The lowest BCUT2D eigenvalue weighted by Crippen LogP contribution is -2.34. The van der Waals surface area contributed by atoms with Crippen LogP contribution < -0.4 is 15.8 Å². The van der Waals surface area contributed by atoms with Crippen molar-refractivity contribution in [3.63, 3.8) is 0 Å². The smallest absolute Gasteiger partial charge is 0.202 e. The lowest BCUT2D eigenvalue weighted by Gasteiger charge is -2.28. The maximum Gasteiger partial charge on any atom is 0.202 e. The first-order valence-corrected chi connectivity index (χ1v) is 13.5. The average molecular weight is 552 g/mol. The number of hydrogen-bond donors (Lipinski definition) is 2. The molecular formula is C27H31F2N9O2. The van der Waals surface area contributed by atoms with E-state index in [2.05, 4.69) is 30.9 Å². The Morgan fingerprint density at radius 1 is 1.02 bits per heavy atom. The fourth-order valence-electron chi connectivity index (χ4n) is 5.39. The quantitative estimate of drug-likeness (QED) is 0.353. The number of ether oxygens (including phenoxy) is 2. The Bertz CT molecular complexity index is 1480. The molecule has 2 aliphatic rings. The van der Waals surface area contributed by atoms with Gasteiger partial charge < -0.3 is 20.5 Å². The molecule has 210 valence electrons. The zero-order chi connectivity index (χ0) is 27.6. The monoisotopic (exact) mass is 551 g/mol. The Morgan fingerprint density at radius 2 is 1.82 bits per heavy atom. The van der Waals surface area contributed by atoms with E-state index in [9.17, 15) is 0 Å². The molecule has 2 fully saturated rings. The third-order valence-corrected chi connectivity index (χ3v) is 7.76. The van der Waals surface area contributed by atoms with Crippen molar-refractivity contribution in [3.8, 4) is 34.0 Å². The van der Waals surface area contributed by atoms with Crippen LogP contribution in [0, 0.1) is 11.6 Å². The second-order valence-electron chi connectivity index (χ2n) is 10.2. The summed E-state index contributed by atoms with van der Waals surface area (Å²) in [5, 5.41) is 19.5. The number of nitrogens with zero attached hydrogens (tertiary/aromatic N) is 7. The van der Waals surface area contributed by atoms with Gasteiger partial charge in [0.05, 0.1) is 23.9 Å². The molecule has 0 radical (unpaired) electrons. The van der Waals surface area contributed by atoms with E-state index in [-0.39, 0.29) is 35.2 Å². The molecule has 4 aromatic rings. The molecule has 0 amide bonds. The lowest BCUT2D eigenvalue weighted by atomic mass is 9.93. The molecule has 1 aliphatic heterocycles. The van der Waals surface area contributed by atoms with Crippen LogP contribution in [0.15, 0.2) is 36.8 Å². The van der Waals surface area contributed by atoms with Crippen LogP contribution >= 0.6 is 0 Å². The Morgan fingerprint density at radius 3 is 2.60 bits per heavy atom. The van der Waals surface area contributed by atoms with Gasteiger partial charge in [-0.15, -0.1) is 5.10 Å². The fraction of sp³-hybridized carbons (Fsp3) is 0.444. The number of pyridine rings is 1. The van der Waals surface area contributed by atoms with E-state index in [0.717, 1.165) is 54.3 Å². The SMILES string of the molecule is CNC1CCC(Oc2ccc(-n3nnnc3-c3cc(-c4cnn(C5CCOCC5)c4)cnc3N)c(F)c2F)CC1. The first-order valence-electron chi connectivity index (χ1n) is 13.5. The van der Waals surface area contributed by atoms with Gasteiger partial charge in [0.15, 0.2) is 17.4 Å². The molecule has 1 saturated heterocycles. The largest absolute Gasteiger partial charge is 0.487 e. The maximum absolute atomic E-state index is 15.4. The van der Waals surface area contributed by atoms with Crippen LogP contribution in [0.1, 0.15) is 44.6 Å². The van der Waals surface area contributed by atoms with E-state index in [0.29, 0.717) is 24.8 Å². The summed E-state index contributed by atoms with van der Waals surface area (Å²) < 4.78 is 44.9. The predicted octanol–water partition coefficient (Wildman–Crippen LogP) is 3.71. The minimum Gasteiger partial charge on any atom is -0.487 e. The second-order valence-corrected chi connectivity index (χ2v) is 10.2. The van der Waals surface area contributed by atoms with Crippen molar-refractivity contribution in [2.24, 2.45) is 0 Å². The molecule has 3 aromatic heterocycles. The molecule has 0 spiro atoms. The highest BCUT2D eigenvalue weighted by Crippen LogP contribution is 2.33. The van der Waals surface area contributed by atoms with Crippen LogP contribution in [0.4, 0.5) is 14.6 Å². The molecule has 6 rings (SSSR count). The van der Waals surface area contributed by atoms with E-state index in [1.807, 2.05) is 17.9 Å². The zero-order valence-corrected chi connectivity index (χ0v) is 22.1. The summed E-state index contributed by atoms with van der Waals surface area (Å²) in [5.74, 6) is -2.06. The van der Waals surface area contributed by atoms with E-state index >= 15 is 8.78 Å². The van der Waals surface area contributed by atoms with Gasteiger partial charge in [-0.2, -0.15) is 14.2 Å². The highest BCUT2D eigenvalue weighted by molar-refractivity contribution is 5.76. The van der Waals surface area contributed by atoms with Crippen molar-refractivity contribution >= 4 is 5.82 Å². The van der Waals surface area contributed by atoms with Crippen LogP contribution in [-0.4, -0.2) is 67.4 Å². The Hall–Kier alpha value is -3.97. The van der Waals surface area contributed by atoms with Crippen molar-refractivity contribution in [1.29, 1.82) is 0 Å². The highest BCUT2D eigenvalue weighted by atomic mass is 19.2. The topological polar surface area (TPSA) is 131 Å². The number of nitrogen functional groups attached to an aromatic ring is 1. The van der Waals surface area contributed by atoms with Crippen molar-refractivity contribution in [3.05, 3.63) is 48.4 Å². The van der Waals surface area contributed by atoms with Crippen molar-refractivity contribution in [2.75, 3.05) is 26.0 Å². The number of anilines is 1. The summed E-state index contributed by atoms with van der Waals surface area (Å²) in [5.41, 5.74) is 7.98. The summed E-state index contributed by atoms with van der Waals surface area (Å²) in [6.45, 7) is 1.41. The Balaban J connectivity index is 1.27. The van der Waals surface area contributed by atoms with Gasteiger partial charge in [0.25, 0.3) is 0 Å². The first-order chi connectivity index (χ1) is 19.5. The molecule has 40 heavy (non-hydrogen) atoms. The van der Waals surface area contributed by atoms with Gasteiger partial charge in [0.2, 0.25) is 5.82 Å². The molecule has 13 heteroatoms. The number of tetrazole rings is 1. The fourth-order valence-corrected chi connectivity index (χ4v) is 5.39. The van der Waals surface area contributed by atoms with Crippen LogP contribution in [0.2, 0.25) is 0 Å². The standard InChI is InChI=1S/C27H31F2N9O2/c1-31-18-2-4-20(5-3-18)40-23-7-6-22(24(28)25(23)29)38-27(34-35-36-38)21-12-16(13-32-26(21)30)17-14-33-37(15-17)19-8-10-39-11-9-19/h6-7,12-15,18-20,31H,2-5,8-11H2,1H3,(H2,30,32). The molecule has 0 atom stereocenters. The summed E-state index contributed by atoms with van der Waals surface area (Å²) in [7, 11) is 1.93. The molecule has 0 bridgehead atoms. The molecule has 1 aromatic carbocycles. The predicted molar refractivity (Wildman–Crippen MR) is 143 cm³/mol. The van der Waals surface area contributed by atoms with Crippen LogP contribution in [0.3, 0.4) is 0 Å². The molecule has 0 unspecified atom stereocenters. The molecular weight excluding hydrogens is 520 g/mol. The van der Waals surface area contributed by atoms with Crippen molar-refractivity contribution < 1.29 is 18.3 Å². The summed E-state index contributed by atoms with van der Waals surface area (Å²) >= 11 is 0. The third-order valence-electron chi connectivity index (χ3n) is 7.76. The molecule has 4 heterocycles. The van der Waals surface area contributed by atoms with E-state index in [1.165, 1.54) is 12.1 Å². The van der Waals surface area contributed by atoms with Crippen molar-refractivity contribution in [1.82, 2.24) is 40.3 Å². The van der Waals surface area contributed by atoms with Gasteiger partial charge in [-0.3, -0.25) is 4.68 Å². The zero-order valence-electron chi connectivity index (χ0n) is 22.1. The highest BCUT2D eigenvalue weighted by Gasteiger charge is 2.26. The van der Waals surface area contributed by atoms with Crippen molar-refractivity contribution in [2.45, 2.75) is 56.7 Å². The van der Waals surface area contributed by atoms with Gasteiger partial charge in [0.1, 0.15) is 11.5 Å². The van der Waals surface area contributed by atoms with Gasteiger partial charge in [-0.1, -0.05) is 0 Å². The number of benzene rings is 1. The molecule has 3 N–H and O–H groups in total. The van der Waals surface area contributed by atoms with Crippen LogP contribution in [0.5, 0.6) is 5.75 Å². The summed E-state index contributed by atoms with van der Waals surface area (Å²) in [4.78, 5) is 4.32. The maximum atomic E-state index is 15.4.